The number of carbonyl (C=O) groups is 2. The molecule has 1 aromatic heterocycles. The van der Waals surface area contributed by atoms with E-state index in [9.17, 15) is 9.59 Å². The molecule has 8 heteroatoms. The van der Waals surface area contributed by atoms with Gasteiger partial charge in [0.05, 0.1) is 18.2 Å². The summed E-state index contributed by atoms with van der Waals surface area (Å²) in [6, 6.07) is 0. The topological polar surface area (TPSA) is 77.6 Å². The van der Waals surface area contributed by atoms with E-state index in [1.54, 1.807) is 0 Å². The second-order valence-corrected chi connectivity index (χ2v) is 8.42. The summed E-state index contributed by atoms with van der Waals surface area (Å²) in [6.45, 7) is 9.30. The maximum atomic E-state index is 12.8. The molecule has 2 aliphatic rings. The molecular weight excluding hydrogens is 350 g/mol. The van der Waals surface area contributed by atoms with Crippen molar-refractivity contribution < 1.29 is 9.59 Å². The van der Waals surface area contributed by atoms with Crippen molar-refractivity contribution in [2.24, 2.45) is 5.92 Å². The zero-order chi connectivity index (χ0) is 18.5. The van der Waals surface area contributed by atoms with Gasteiger partial charge in [-0.3, -0.25) is 14.5 Å². The van der Waals surface area contributed by atoms with E-state index in [0.29, 0.717) is 18.2 Å². The smallest absolute Gasteiger partial charge is 0.240 e. The van der Waals surface area contributed by atoms with Gasteiger partial charge in [0, 0.05) is 31.1 Å². The van der Waals surface area contributed by atoms with Crippen LogP contribution in [0.4, 0.5) is 5.13 Å². The van der Waals surface area contributed by atoms with E-state index in [2.05, 4.69) is 20.5 Å². The zero-order valence-electron chi connectivity index (χ0n) is 15.7. The normalized spacial score (nSPS) is 22.1. The van der Waals surface area contributed by atoms with Crippen LogP contribution < -0.4 is 10.6 Å². The van der Waals surface area contributed by atoms with Gasteiger partial charge in [-0.1, -0.05) is 0 Å². The maximum absolute atomic E-state index is 12.8. The molecule has 0 aromatic carbocycles. The average Bonchev–Trinajstić information content (AvgIpc) is 2.82. The van der Waals surface area contributed by atoms with Crippen LogP contribution in [0.1, 0.15) is 29.8 Å². The second-order valence-electron chi connectivity index (χ2n) is 7.21. The Hall–Kier alpha value is -1.51. The Bertz CT molecular complexity index is 620. The number of carbonyl (C=O) groups excluding carboxylic acids is 2. The van der Waals surface area contributed by atoms with Gasteiger partial charge in [0.15, 0.2) is 5.13 Å². The summed E-state index contributed by atoms with van der Waals surface area (Å²) in [6.07, 6.45) is 2.90. The number of nitrogens with one attached hydrogen (secondary N) is 2. The molecule has 2 N–H and O–H groups in total. The number of aromatic nitrogens is 1. The molecule has 0 saturated carbocycles. The van der Waals surface area contributed by atoms with Gasteiger partial charge in [-0.2, -0.15) is 0 Å². The first-order valence-electron chi connectivity index (χ1n) is 9.48. The van der Waals surface area contributed by atoms with E-state index < -0.39 is 0 Å². The number of thiazole rings is 1. The number of hydrogen-bond donors (Lipinski definition) is 2. The number of likely N-dealkylation sites (tertiary alicyclic amines) is 1. The highest BCUT2D eigenvalue weighted by atomic mass is 32.1. The van der Waals surface area contributed by atoms with Crippen LogP contribution in [0.15, 0.2) is 0 Å². The van der Waals surface area contributed by atoms with E-state index in [-0.39, 0.29) is 17.7 Å². The summed E-state index contributed by atoms with van der Waals surface area (Å²) >= 11 is 1.50. The van der Waals surface area contributed by atoms with Gasteiger partial charge < -0.3 is 15.5 Å². The van der Waals surface area contributed by atoms with Crippen molar-refractivity contribution in [3.8, 4) is 0 Å². The lowest BCUT2D eigenvalue weighted by Crippen LogP contribution is -2.47. The third-order valence-electron chi connectivity index (χ3n) is 5.15. The summed E-state index contributed by atoms with van der Waals surface area (Å²) < 4.78 is 0. The Balaban J connectivity index is 1.51. The van der Waals surface area contributed by atoms with Crippen molar-refractivity contribution in [1.29, 1.82) is 0 Å². The van der Waals surface area contributed by atoms with Crippen LogP contribution in [-0.4, -0.2) is 72.4 Å². The molecule has 2 amide bonds. The number of piperidine rings is 1. The minimum absolute atomic E-state index is 0.0130. The molecule has 0 radical (unpaired) electrons. The number of hydrogen-bond acceptors (Lipinski definition) is 6. The molecular formula is C18H29N5O2S. The largest absolute Gasteiger partial charge is 0.341 e. The number of amides is 2. The minimum Gasteiger partial charge on any atom is -0.341 e. The van der Waals surface area contributed by atoms with E-state index in [0.717, 1.165) is 62.6 Å². The van der Waals surface area contributed by atoms with Crippen LogP contribution in [0.5, 0.6) is 0 Å². The highest BCUT2D eigenvalue weighted by Crippen LogP contribution is 2.22. The van der Waals surface area contributed by atoms with Crippen molar-refractivity contribution in [3.05, 3.63) is 10.6 Å². The number of anilines is 1. The lowest BCUT2D eigenvalue weighted by molar-refractivity contribution is -0.137. The molecule has 1 unspecified atom stereocenters. The number of nitrogens with zero attached hydrogens (tertiary/aromatic N) is 3. The van der Waals surface area contributed by atoms with Gasteiger partial charge in [-0.05, 0) is 46.2 Å². The van der Waals surface area contributed by atoms with Crippen molar-refractivity contribution in [2.45, 2.75) is 33.1 Å². The molecule has 1 atom stereocenters. The molecule has 3 heterocycles. The molecule has 0 bridgehead atoms. The zero-order valence-corrected chi connectivity index (χ0v) is 16.5. The van der Waals surface area contributed by atoms with Crippen LogP contribution in [0.2, 0.25) is 0 Å². The fourth-order valence-corrected chi connectivity index (χ4v) is 4.44. The van der Waals surface area contributed by atoms with Gasteiger partial charge in [-0.15, -0.1) is 11.3 Å². The van der Waals surface area contributed by atoms with Crippen LogP contribution in [0, 0.1) is 19.8 Å². The van der Waals surface area contributed by atoms with Crippen molar-refractivity contribution >= 4 is 28.3 Å². The van der Waals surface area contributed by atoms with Gasteiger partial charge in [0.1, 0.15) is 0 Å². The van der Waals surface area contributed by atoms with Crippen LogP contribution in [-0.2, 0) is 9.59 Å². The summed E-state index contributed by atoms with van der Waals surface area (Å²) in [5, 5.41) is 6.89. The van der Waals surface area contributed by atoms with Crippen LogP contribution >= 0.6 is 11.3 Å². The predicted molar refractivity (Wildman–Crippen MR) is 103 cm³/mol. The lowest BCUT2D eigenvalue weighted by atomic mass is 9.96. The summed E-state index contributed by atoms with van der Waals surface area (Å²) in [5.41, 5.74) is 0.959. The molecule has 7 nitrogen and oxygen atoms in total. The fourth-order valence-electron chi connectivity index (χ4n) is 3.61. The summed E-state index contributed by atoms with van der Waals surface area (Å²) in [7, 11) is 0. The first kappa shape index (κ1) is 19.3. The Labute approximate surface area is 159 Å². The molecule has 144 valence electrons. The Morgan fingerprint density at radius 3 is 2.85 bits per heavy atom. The first-order valence-corrected chi connectivity index (χ1v) is 10.3. The van der Waals surface area contributed by atoms with Crippen LogP contribution in [0.3, 0.4) is 0 Å². The Kier molecular flexibility index (Phi) is 6.61. The maximum Gasteiger partial charge on any atom is 0.240 e. The van der Waals surface area contributed by atoms with Crippen molar-refractivity contribution in [1.82, 2.24) is 20.1 Å². The lowest BCUT2D eigenvalue weighted by Gasteiger charge is -2.34. The second kappa shape index (κ2) is 8.92. The number of aryl methyl sites for hydroxylation is 2. The highest BCUT2D eigenvalue weighted by Gasteiger charge is 2.30. The SMILES string of the molecule is Cc1nc(NC(=O)CN2CCCC(C(=O)N3CCCNCC3)C2)sc1C. The van der Waals surface area contributed by atoms with Gasteiger partial charge in [0.2, 0.25) is 11.8 Å². The third-order valence-corrected chi connectivity index (χ3v) is 6.14. The monoisotopic (exact) mass is 379 g/mol. The summed E-state index contributed by atoms with van der Waals surface area (Å²) in [5.74, 6) is 0.217. The van der Waals surface area contributed by atoms with Crippen molar-refractivity contribution in [3.63, 3.8) is 0 Å². The average molecular weight is 380 g/mol. The van der Waals surface area contributed by atoms with E-state index in [4.69, 9.17) is 0 Å². The van der Waals surface area contributed by atoms with Gasteiger partial charge >= 0.3 is 0 Å². The minimum atomic E-state index is -0.0502. The first-order chi connectivity index (χ1) is 12.5. The molecule has 26 heavy (non-hydrogen) atoms. The molecule has 0 spiro atoms. The number of rotatable bonds is 4. The molecule has 0 aliphatic carbocycles. The predicted octanol–water partition coefficient (Wildman–Crippen LogP) is 1.23. The van der Waals surface area contributed by atoms with E-state index >= 15 is 0 Å². The standard InChI is InChI=1S/C18H29N5O2S/c1-13-14(2)26-18(20-13)21-16(24)12-22-8-3-5-15(11-22)17(25)23-9-4-6-19-7-10-23/h15,19H,3-12H2,1-2H3,(H,20,21,24). The molecule has 2 aliphatic heterocycles. The summed E-state index contributed by atoms with van der Waals surface area (Å²) in [4.78, 5) is 34.7. The Morgan fingerprint density at radius 1 is 1.23 bits per heavy atom. The Morgan fingerprint density at radius 2 is 2.08 bits per heavy atom. The van der Waals surface area contributed by atoms with Crippen molar-refractivity contribution in [2.75, 3.05) is 51.1 Å². The van der Waals surface area contributed by atoms with E-state index in [1.165, 1.54) is 11.3 Å². The van der Waals surface area contributed by atoms with Gasteiger partial charge in [0.25, 0.3) is 0 Å². The van der Waals surface area contributed by atoms with Crippen LogP contribution in [0.25, 0.3) is 0 Å². The quantitative estimate of drug-likeness (QED) is 0.823. The fraction of sp³-hybridized carbons (Fsp3) is 0.722. The van der Waals surface area contributed by atoms with E-state index in [1.807, 2.05) is 18.7 Å². The highest BCUT2D eigenvalue weighted by molar-refractivity contribution is 7.15. The molecule has 2 saturated heterocycles. The van der Waals surface area contributed by atoms with Gasteiger partial charge in [-0.25, -0.2) is 4.98 Å². The molecule has 2 fully saturated rings. The third kappa shape index (κ3) is 5.02. The molecule has 1 aromatic rings. The molecule has 3 rings (SSSR count).